The number of hydrogen-bond donors (Lipinski definition) is 1. The summed E-state index contributed by atoms with van der Waals surface area (Å²) in [6, 6.07) is 16.4. The van der Waals surface area contributed by atoms with Crippen LogP contribution in [0.2, 0.25) is 15.2 Å². The van der Waals surface area contributed by atoms with E-state index in [4.69, 9.17) is 39.8 Å². The van der Waals surface area contributed by atoms with E-state index in [0.717, 1.165) is 5.56 Å². The van der Waals surface area contributed by atoms with Gasteiger partial charge in [0.2, 0.25) is 0 Å². The minimum Gasteiger partial charge on any atom is -0.537 e. The van der Waals surface area contributed by atoms with Crippen LogP contribution in [0.1, 0.15) is 13.8 Å². The Morgan fingerprint density at radius 3 is 1.70 bits per heavy atom. The maximum Gasteiger partial charge on any atom is 0.569 e. The molecule has 0 unspecified atom stereocenters. The molecule has 0 aliphatic rings. The minimum absolute atomic E-state index is 0.0408. The number of aromatic nitrogens is 4. The van der Waals surface area contributed by atoms with E-state index < -0.39 is 0 Å². The number of Topliss-reactive ketones (excluding diaryl/α,β-unsaturated/α-hetero) is 2. The minimum atomic E-state index is -0.301. The highest BCUT2D eigenvalue weighted by atomic mass is 35.5. The van der Waals surface area contributed by atoms with Crippen molar-refractivity contribution in [1.29, 1.82) is 0 Å². The van der Waals surface area contributed by atoms with E-state index in [9.17, 15) is 19.2 Å². The number of benzene rings is 2. The molecule has 0 saturated heterocycles. The van der Waals surface area contributed by atoms with Gasteiger partial charge >= 0.3 is 7.69 Å². The van der Waals surface area contributed by atoms with E-state index >= 15 is 0 Å². The lowest BCUT2D eigenvalue weighted by Gasteiger charge is -2.10. The Bertz CT molecular complexity index is 1690. The Labute approximate surface area is 278 Å². The molecule has 1 N–H and O–H groups in total. The van der Waals surface area contributed by atoms with Gasteiger partial charge in [-0.15, -0.1) is 0 Å². The van der Waals surface area contributed by atoms with Crippen LogP contribution < -0.4 is 15.8 Å². The van der Waals surface area contributed by atoms with Crippen LogP contribution in [0.4, 0.5) is 0 Å². The fraction of sp³-hybridized carbons (Fsp3) is 0.214. The van der Waals surface area contributed by atoms with Gasteiger partial charge < -0.3 is 9.68 Å². The smallest absolute Gasteiger partial charge is 0.537 e. The molecule has 44 heavy (non-hydrogen) atoms. The highest BCUT2D eigenvalue weighted by molar-refractivity contribution is 7.98. The van der Waals surface area contributed by atoms with Gasteiger partial charge in [0.05, 0.1) is 18.8 Å². The normalized spacial score (nSPS) is 10.1. The highest BCUT2D eigenvalue weighted by Crippen LogP contribution is 2.21. The molecule has 231 valence electrons. The summed E-state index contributed by atoms with van der Waals surface area (Å²) < 4.78 is 7.32. The topological polar surface area (TPSA) is 133 Å². The molecule has 4 rings (SSSR count). The third-order valence-corrected chi connectivity index (χ3v) is 7.24. The lowest BCUT2D eigenvalue weighted by molar-refractivity contribution is -0.118. The summed E-state index contributed by atoms with van der Waals surface area (Å²) in [4.78, 5) is 54.0. The largest absolute Gasteiger partial charge is 0.569 e. The summed E-state index contributed by atoms with van der Waals surface area (Å²) in [6.07, 6.45) is 3.60. The molecule has 2 aromatic carbocycles. The number of nitrogens with zero attached hydrogens (tertiary/aromatic N) is 4. The Hall–Kier alpha value is -3.07. The molecule has 0 fully saturated rings. The quantitative estimate of drug-likeness (QED) is 0.106. The van der Waals surface area contributed by atoms with Gasteiger partial charge in [0.25, 0.3) is 11.1 Å². The predicted molar refractivity (Wildman–Crippen MR) is 177 cm³/mol. The Kier molecular flexibility index (Phi) is 15.8. The lowest BCUT2D eigenvalue weighted by Crippen LogP contribution is -2.25. The van der Waals surface area contributed by atoms with Crippen molar-refractivity contribution in [3.8, 4) is 17.0 Å². The number of carbonyl (C=O) groups is 2. The van der Waals surface area contributed by atoms with Crippen molar-refractivity contribution in [1.82, 2.24) is 19.1 Å². The molecule has 0 saturated carbocycles. The fourth-order valence-electron chi connectivity index (χ4n) is 3.33. The lowest BCUT2D eigenvalue weighted by atomic mass is 10.1. The van der Waals surface area contributed by atoms with Crippen LogP contribution in [-0.4, -0.2) is 55.9 Å². The Balaban J connectivity index is 0.000000245. The van der Waals surface area contributed by atoms with Gasteiger partial charge in [-0.3, -0.25) is 28.3 Å². The molecular formula is C28H27BCl3N4O6S2. The average Bonchev–Trinajstić information content (AvgIpc) is 2.97. The second kappa shape index (κ2) is 18.7. The maximum atomic E-state index is 12.1. The van der Waals surface area contributed by atoms with Crippen molar-refractivity contribution >= 4 is 77.6 Å². The number of carbonyl (C=O) groups excluding carboxylic acids is 2. The monoisotopic (exact) mass is 695 g/mol. The number of thioether (sulfide) groups is 2. The van der Waals surface area contributed by atoms with E-state index in [1.165, 1.54) is 58.6 Å². The zero-order valence-electron chi connectivity index (χ0n) is 24.0. The van der Waals surface area contributed by atoms with Crippen LogP contribution >= 0.6 is 58.3 Å². The summed E-state index contributed by atoms with van der Waals surface area (Å²) in [5, 5.41) is 10.6. The zero-order valence-corrected chi connectivity index (χ0v) is 27.9. The van der Waals surface area contributed by atoms with Crippen molar-refractivity contribution in [3.05, 3.63) is 96.6 Å². The molecule has 0 atom stereocenters. The zero-order chi connectivity index (χ0) is 32.8. The molecule has 10 nitrogen and oxygen atoms in total. The van der Waals surface area contributed by atoms with Crippen LogP contribution in [0, 0.1) is 0 Å². The molecule has 1 radical (unpaired) electrons. The first-order chi connectivity index (χ1) is 20.9. The van der Waals surface area contributed by atoms with Gasteiger partial charge in [-0.2, -0.15) is 0 Å². The van der Waals surface area contributed by atoms with E-state index in [-0.39, 0.29) is 40.9 Å². The number of hydrogen-bond acceptors (Lipinski definition) is 10. The van der Waals surface area contributed by atoms with Gasteiger partial charge in [0.15, 0.2) is 10.3 Å². The van der Waals surface area contributed by atoms with Crippen molar-refractivity contribution in [2.45, 2.75) is 37.2 Å². The third-order valence-electron chi connectivity index (χ3n) is 5.18. The Morgan fingerprint density at radius 2 is 1.25 bits per heavy atom. The van der Waals surface area contributed by atoms with Crippen LogP contribution in [0.25, 0.3) is 11.3 Å². The molecule has 0 aliphatic carbocycles. The first-order valence-electron chi connectivity index (χ1n) is 12.5. The van der Waals surface area contributed by atoms with Crippen molar-refractivity contribution in [2.75, 3.05) is 12.5 Å². The van der Waals surface area contributed by atoms with Crippen LogP contribution in [0.15, 0.2) is 80.6 Å². The highest BCUT2D eigenvalue weighted by Gasteiger charge is 2.11. The molecular weight excluding hydrogens is 670 g/mol. The van der Waals surface area contributed by atoms with Crippen molar-refractivity contribution < 1.29 is 19.3 Å². The molecule has 16 heteroatoms. The molecule has 2 aromatic heterocycles. The molecule has 0 spiro atoms. The van der Waals surface area contributed by atoms with E-state index in [1.807, 2.05) is 18.4 Å². The summed E-state index contributed by atoms with van der Waals surface area (Å²) >= 11 is 19.7. The fourth-order valence-corrected chi connectivity index (χ4v) is 4.94. The van der Waals surface area contributed by atoms with Gasteiger partial charge in [-0.25, -0.2) is 9.97 Å². The van der Waals surface area contributed by atoms with E-state index in [2.05, 4.69) is 14.6 Å². The van der Waals surface area contributed by atoms with E-state index in [0.29, 0.717) is 39.5 Å². The first-order valence-corrected chi connectivity index (χ1v) is 16.1. The Morgan fingerprint density at radius 1 is 0.795 bits per heavy atom. The van der Waals surface area contributed by atoms with Crippen LogP contribution in [-0.2, 0) is 22.7 Å². The summed E-state index contributed by atoms with van der Waals surface area (Å²) in [5.41, 5.74) is 0.863. The second-order valence-corrected chi connectivity index (χ2v) is 11.4. The summed E-state index contributed by atoms with van der Waals surface area (Å²) in [6.45, 7) is 2.96. The summed E-state index contributed by atoms with van der Waals surface area (Å²) in [5.74, 6) is 0.391. The van der Waals surface area contributed by atoms with Crippen molar-refractivity contribution in [2.24, 2.45) is 0 Å². The third kappa shape index (κ3) is 12.1. The summed E-state index contributed by atoms with van der Waals surface area (Å²) in [7, 11) is 0.628. The number of ketones is 2. The number of rotatable bonds is 9. The van der Waals surface area contributed by atoms with Gasteiger partial charge in [-0.1, -0.05) is 70.5 Å². The molecule has 2 heterocycles. The van der Waals surface area contributed by atoms with E-state index in [1.54, 1.807) is 42.7 Å². The van der Waals surface area contributed by atoms with Gasteiger partial charge in [0.1, 0.15) is 22.5 Å². The molecule has 0 amide bonds. The molecule has 0 aliphatic heterocycles. The standard InChI is InChI=1S/C14H13ClN2O2S.C8H9ClN2O2S.C6H5BClO2/c1-9(18)8-17-13(19)7-12(16-14(17)20-2)10-3-5-11(15)6-4-10;1-5(12)4-11-7(13)3-6(9)10-8(11)14-2;8-5-1-3-6(4-2-5)10-7-9/h3-7H,8H2,1-2H3;3H,4H2,1-2H3;1-4,9H. The van der Waals surface area contributed by atoms with Crippen LogP contribution in [0.3, 0.4) is 0 Å². The second-order valence-electron chi connectivity index (χ2n) is 8.63. The van der Waals surface area contributed by atoms with Crippen molar-refractivity contribution in [3.63, 3.8) is 0 Å². The van der Waals surface area contributed by atoms with Gasteiger partial charge in [-0.05, 0) is 62.8 Å². The molecule has 4 aromatic rings. The predicted octanol–water partition coefficient (Wildman–Crippen LogP) is 5.33. The first kappa shape index (κ1) is 37.1. The molecule has 0 bridgehead atoms. The maximum absolute atomic E-state index is 12.1. The SMILES string of the molecule is CSc1nc(-c2ccc(Cl)cc2)cc(=O)n1CC(C)=O.CSc1nc(Cl)cc(=O)n1CC(C)=O.O[B]Oc1ccc(Cl)cc1. The average molecular weight is 697 g/mol. The van der Waals surface area contributed by atoms with Gasteiger partial charge in [0, 0.05) is 27.7 Å². The van der Waals surface area contributed by atoms with Crippen LogP contribution in [0.5, 0.6) is 5.75 Å². The number of halogens is 3.